The van der Waals surface area contributed by atoms with Gasteiger partial charge in [0.15, 0.2) is 5.96 Å². The van der Waals surface area contributed by atoms with Crippen molar-refractivity contribution in [2.75, 3.05) is 46.3 Å². The average molecular weight is 379 g/mol. The number of aromatic nitrogens is 1. The molecule has 2 fully saturated rings. The summed E-state index contributed by atoms with van der Waals surface area (Å²) in [5, 5.41) is 7.66. The maximum absolute atomic E-state index is 11.9. The molecule has 2 heterocycles. The highest BCUT2D eigenvalue weighted by Crippen LogP contribution is 2.18. The molecule has 0 aromatic carbocycles. The number of nitrogens with zero attached hydrogens (tertiary/aromatic N) is 4. The van der Waals surface area contributed by atoms with Crippen LogP contribution in [0.4, 0.5) is 0 Å². The molecule has 8 heteroatoms. The number of rotatable bonds is 6. The fourth-order valence-corrected chi connectivity index (χ4v) is 4.18. The van der Waals surface area contributed by atoms with E-state index >= 15 is 0 Å². The lowest BCUT2D eigenvalue weighted by molar-refractivity contribution is -0.122. The van der Waals surface area contributed by atoms with Crippen LogP contribution in [0.3, 0.4) is 0 Å². The summed E-state index contributed by atoms with van der Waals surface area (Å²) in [6.07, 6.45) is 3.25. The predicted octanol–water partition coefficient (Wildman–Crippen LogP) is 0.774. The van der Waals surface area contributed by atoms with Crippen molar-refractivity contribution in [2.45, 2.75) is 39.2 Å². The van der Waals surface area contributed by atoms with Gasteiger partial charge in [0, 0.05) is 57.1 Å². The van der Waals surface area contributed by atoms with Gasteiger partial charge >= 0.3 is 0 Å². The Bertz CT molecular complexity index is 646. The van der Waals surface area contributed by atoms with Gasteiger partial charge in [0.25, 0.3) is 0 Å². The number of guanidine groups is 1. The molecule has 7 nitrogen and oxygen atoms in total. The van der Waals surface area contributed by atoms with Crippen molar-refractivity contribution in [1.29, 1.82) is 0 Å². The third kappa shape index (κ3) is 5.41. The molecular formula is C18H30N6OS. The standard InChI is InChI=1S/C18H30N6OS/c1-13-16(26-14(2)21-13)6-7-20-18(19-3)24-10-8-23(9-11-24)12-17(25)22-15-4-5-15/h15H,4-12H2,1-3H3,(H,19,20)(H,22,25). The van der Waals surface area contributed by atoms with Crippen molar-refractivity contribution < 1.29 is 4.79 Å². The summed E-state index contributed by atoms with van der Waals surface area (Å²) in [6.45, 7) is 9.09. The molecule has 2 aliphatic rings. The minimum Gasteiger partial charge on any atom is -0.356 e. The molecule has 26 heavy (non-hydrogen) atoms. The molecule has 0 unspecified atom stereocenters. The summed E-state index contributed by atoms with van der Waals surface area (Å²) in [6, 6.07) is 0.442. The molecule has 1 saturated heterocycles. The van der Waals surface area contributed by atoms with E-state index in [-0.39, 0.29) is 5.91 Å². The molecule has 0 spiro atoms. The minimum absolute atomic E-state index is 0.165. The van der Waals surface area contributed by atoms with Gasteiger partial charge in [-0.1, -0.05) is 0 Å². The maximum atomic E-state index is 11.9. The highest BCUT2D eigenvalue weighted by atomic mass is 32.1. The second kappa shape index (κ2) is 8.81. The normalized spacial score (nSPS) is 18.9. The van der Waals surface area contributed by atoms with Crippen molar-refractivity contribution in [3.05, 3.63) is 15.6 Å². The monoisotopic (exact) mass is 378 g/mol. The first-order valence-electron chi connectivity index (χ1n) is 9.45. The van der Waals surface area contributed by atoms with Gasteiger partial charge in [0.1, 0.15) is 0 Å². The lowest BCUT2D eigenvalue weighted by atomic mass is 10.3. The highest BCUT2D eigenvalue weighted by molar-refractivity contribution is 7.11. The summed E-state index contributed by atoms with van der Waals surface area (Å²) < 4.78 is 0. The summed E-state index contributed by atoms with van der Waals surface area (Å²) in [7, 11) is 1.83. The van der Waals surface area contributed by atoms with E-state index in [1.165, 1.54) is 4.88 Å². The number of carbonyl (C=O) groups excluding carboxylic acids is 1. The van der Waals surface area contributed by atoms with E-state index in [1.54, 1.807) is 11.3 Å². The fourth-order valence-electron chi connectivity index (χ4n) is 3.25. The average Bonchev–Trinajstić information content (AvgIpc) is 3.36. The Morgan fingerprint density at radius 3 is 2.58 bits per heavy atom. The molecule has 1 saturated carbocycles. The number of nitrogens with one attached hydrogen (secondary N) is 2. The second-order valence-corrected chi connectivity index (χ2v) is 8.36. The third-order valence-corrected chi connectivity index (χ3v) is 5.96. The van der Waals surface area contributed by atoms with Crippen LogP contribution in [-0.4, -0.2) is 79.0 Å². The van der Waals surface area contributed by atoms with Gasteiger partial charge in [-0.2, -0.15) is 0 Å². The summed E-state index contributed by atoms with van der Waals surface area (Å²) in [5.41, 5.74) is 1.14. The Labute approximate surface area is 159 Å². The van der Waals surface area contributed by atoms with E-state index in [0.717, 1.165) is 68.6 Å². The van der Waals surface area contributed by atoms with Crippen LogP contribution in [0.2, 0.25) is 0 Å². The highest BCUT2D eigenvalue weighted by Gasteiger charge is 2.25. The molecule has 0 radical (unpaired) electrons. The summed E-state index contributed by atoms with van der Waals surface area (Å²) >= 11 is 1.77. The molecule has 1 aromatic rings. The van der Waals surface area contributed by atoms with Crippen LogP contribution >= 0.6 is 11.3 Å². The Morgan fingerprint density at radius 2 is 2.00 bits per heavy atom. The molecule has 1 aromatic heterocycles. The zero-order valence-electron chi connectivity index (χ0n) is 16.0. The van der Waals surface area contributed by atoms with Crippen molar-refractivity contribution in [3.63, 3.8) is 0 Å². The lowest BCUT2D eigenvalue weighted by Gasteiger charge is -2.36. The number of amides is 1. The van der Waals surface area contributed by atoms with E-state index in [4.69, 9.17) is 0 Å². The number of aliphatic imine (C=N–C) groups is 1. The van der Waals surface area contributed by atoms with Crippen molar-refractivity contribution >= 4 is 23.2 Å². The maximum Gasteiger partial charge on any atom is 0.234 e. The first-order valence-corrected chi connectivity index (χ1v) is 10.3. The minimum atomic E-state index is 0.165. The van der Waals surface area contributed by atoms with Crippen LogP contribution in [0.25, 0.3) is 0 Å². The van der Waals surface area contributed by atoms with Gasteiger partial charge in [-0.15, -0.1) is 11.3 Å². The van der Waals surface area contributed by atoms with Crippen molar-refractivity contribution in [1.82, 2.24) is 25.4 Å². The van der Waals surface area contributed by atoms with E-state index in [2.05, 4.69) is 44.3 Å². The number of aryl methyl sites for hydroxylation is 2. The zero-order chi connectivity index (χ0) is 18.5. The Morgan fingerprint density at radius 1 is 1.27 bits per heavy atom. The largest absolute Gasteiger partial charge is 0.356 e. The summed E-state index contributed by atoms with van der Waals surface area (Å²) in [5.74, 6) is 1.12. The first kappa shape index (κ1) is 19.1. The third-order valence-electron chi connectivity index (χ3n) is 4.83. The van der Waals surface area contributed by atoms with Gasteiger partial charge in [-0.25, -0.2) is 4.98 Å². The van der Waals surface area contributed by atoms with Crippen molar-refractivity contribution in [3.8, 4) is 0 Å². The molecule has 2 N–H and O–H groups in total. The Hall–Kier alpha value is -1.67. The zero-order valence-corrected chi connectivity index (χ0v) is 16.9. The smallest absolute Gasteiger partial charge is 0.234 e. The van der Waals surface area contributed by atoms with Crippen LogP contribution in [0.1, 0.15) is 28.4 Å². The number of hydrogen-bond donors (Lipinski definition) is 2. The van der Waals surface area contributed by atoms with Crippen LogP contribution in [0.5, 0.6) is 0 Å². The first-order chi connectivity index (χ1) is 12.5. The topological polar surface area (TPSA) is 72.9 Å². The van der Waals surface area contributed by atoms with Gasteiger partial charge in [-0.05, 0) is 26.7 Å². The van der Waals surface area contributed by atoms with E-state index in [1.807, 2.05) is 7.05 Å². The predicted molar refractivity (Wildman–Crippen MR) is 106 cm³/mol. The molecule has 0 bridgehead atoms. The number of thiazole rings is 1. The molecule has 1 aliphatic carbocycles. The van der Waals surface area contributed by atoms with Crippen LogP contribution < -0.4 is 10.6 Å². The molecule has 0 atom stereocenters. The fraction of sp³-hybridized carbons (Fsp3) is 0.722. The Kier molecular flexibility index (Phi) is 6.48. The second-order valence-electron chi connectivity index (χ2n) is 7.07. The molecule has 144 valence electrons. The van der Waals surface area contributed by atoms with Gasteiger partial charge in [0.2, 0.25) is 5.91 Å². The number of piperazine rings is 1. The van der Waals surface area contributed by atoms with Crippen LogP contribution in [0, 0.1) is 13.8 Å². The quantitative estimate of drug-likeness (QED) is 0.565. The van der Waals surface area contributed by atoms with Crippen molar-refractivity contribution in [2.24, 2.45) is 4.99 Å². The van der Waals surface area contributed by atoms with Gasteiger partial charge < -0.3 is 15.5 Å². The van der Waals surface area contributed by atoms with Crippen LogP contribution in [0.15, 0.2) is 4.99 Å². The molecule has 3 rings (SSSR count). The van der Waals surface area contributed by atoms with E-state index in [0.29, 0.717) is 12.6 Å². The lowest BCUT2D eigenvalue weighted by Crippen LogP contribution is -2.54. The molecule has 1 amide bonds. The van der Waals surface area contributed by atoms with E-state index in [9.17, 15) is 4.79 Å². The van der Waals surface area contributed by atoms with Crippen LogP contribution in [-0.2, 0) is 11.2 Å². The SMILES string of the molecule is CN=C(NCCc1sc(C)nc1C)N1CCN(CC(=O)NC2CC2)CC1. The molecule has 1 aliphatic heterocycles. The van der Waals surface area contributed by atoms with Gasteiger partial charge in [0.05, 0.1) is 17.2 Å². The number of hydrogen-bond acceptors (Lipinski definition) is 5. The van der Waals surface area contributed by atoms with E-state index < -0.39 is 0 Å². The summed E-state index contributed by atoms with van der Waals surface area (Å²) in [4.78, 5) is 26.7. The Balaban J connectivity index is 1.39. The molecular weight excluding hydrogens is 348 g/mol. The number of carbonyl (C=O) groups is 1. The van der Waals surface area contributed by atoms with Gasteiger partial charge in [-0.3, -0.25) is 14.7 Å².